The van der Waals surface area contributed by atoms with Crippen LogP contribution in [0.5, 0.6) is 11.5 Å². The Labute approximate surface area is 144 Å². The number of benzene rings is 2. The van der Waals surface area contributed by atoms with Crippen molar-refractivity contribution in [1.29, 1.82) is 0 Å². The number of halogens is 2. The van der Waals surface area contributed by atoms with Crippen molar-refractivity contribution in [2.45, 2.75) is 6.92 Å². The molecule has 0 fully saturated rings. The van der Waals surface area contributed by atoms with Crippen LogP contribution in [0.15, 0.2) is 42.5 Å². The van der Waals surface area contributed by atoms with Gasteiger partial charge in [0, 0.05) is 23.4 Å². The van der Waals surface area contributed by atoms with E-state index >= 15 is 0 Å². The number of amides is 1. The lowest BCUT2D eigenvalue weighted by molar-refractivity contribution is -0.111. The van der Waals surface area contributed by atoms with Crippen LogP contribution in [0.4, 0.5) is 10.1 Å². The molecule has 0 spiro atoms. The van der Waals surface area contributed by atoms with E-state index in [0.717, 1.165) is 0 Å². The van der Waals surface area contributed by atoms with Gasteiger partial charge in [0.05, 0.1) is 18.7 Å². The molecule has 0 aliphatic heterocycles. The van der Waals surface area contributed by atoms with Crippen LogP contribution in [-0.2, 0) is 4.79 Å². The van der Waals surface area contributed by atoms with Gasteiger partial charge < -0.3 is 14.8 Å². The minimum absolute atomic E-state index is 0.165. The van der Waals surface area contributed by atoms with E-state index in [9.17, 15) is 9.18 Å². The van der Waals surface area contributed by atoms with Crippen LogP contribution in [0.1, 0.15) is 12.5 Å². The van der Waals surface area contributed by atoms with E-state index in [4.69, 9.17) is 21.1 Å². The van der Waals surface area contributed by atoms with Crippen LogP contribution in [0, 0.1) is 5.82 Å². The molecule has 0 saturated heterocycles. The fourth-order valence-corrected chi connectivity index (χ4v) is 2.26. The van der Waals surface area contributed by atoms with Crippen LogP contribution >= 0.6 is 11.6 Å². The fourth-order valence-electron chi connectivity index (χ4n) is 2.03. The molecular weight excluding hydrogens is 333 g/mol. The van der Waals surface area contributed by atoms with Crippen LogP contribution in [0.3, 0.4) is 0 Å². The summed E-state index contributed by atoms with van der Waals surface area (Å²) in [6.45, 7) is 2.38. The Morgan fingerprint density at radius 3 is 2.75 bits per heavy atom. The number of nitrogens with one attached hydrogen (secondary N) is 1. The van der Waals surface area contributed by atoms with Gasteiger partial charge in [-0.3, -0.25) is 4.79 Å². The van der Waals surface area contributed by atoms with E-state index in [1.807, 2.05) is 6.92 Å². The summed E-state index contributed by atoms with van der Waals surface area (Å²) in [6, 6.07) is 9.37. The van der Waals surface area contributed by atoms with Crippen molar-refractivity contribution in [2.24, 2.45) is 0 Å². The molecular formula is C18H17ClFNO3. The standard InChI is InChI=1S/C18H17ClFNO3/c1-3-24-16-9-7-12(11-17(16)23-2)21-18(22)10-8-13-14(19)5-4-6-15(13)20/h4-11H,3H2,1-2H3,(H,21,22)/b10-8+. The molecule has 2 rings (SSSR count). The quantitative estimate of drug-likeness (QED) is 0.779. The highest BCUT2D eigenvalue weighted by molar-refractivity contribution is 6.32. The van der Waals surface area contributed by atoms with Crippen LogP contribution in [-0.4, -0.2) is 19.6 Å². The van der Waals surface area contributed by atoms with Crippen molar-refractivity contribution >= 4 is 29.3 Å². The van der Waals surface area contributed by atoms with Crippen molar-refractivity contribution in [3.63, 3.8) is 0 Å². The highest BCUT2D eigenvalue weighted by Gasteiger charge is 2.07. The van der Waals surface area contributed by atoms with Crippen molar-refractivity contribution in [2.75, 3.05) is 19.0 Å². The normalized spacial score (nSPS) is 10.7. The molecule has 0 unspecified atom stereocenters. The van der Waals surface area contributed by atoms with E-state index < -0.39 is 11.7 Å². The zero-order valence-corrected chi connectivity index (χ0v) is 14.1. The first-order chi connectivity index (χ1) is 11.5. The highest BCUT2D eigenvalue weighted by Crippen LogP contribution is 2.30. The van der Waals surface area contributed by atoms with Crippen molar-refractivity contribution in [3.05, 3.63) is 58.9 Å². The van der Waals surface area contributed by atoms with Gasteiger partial charge in [-0.15, -0.1) is 0 Å². The van der Waals surface area contributed by atoms with Gasteiger partial charge in [0.1, 0.15) is 5.82 Å². The van der Waals surface area contributed by atoms with Crippen molar-refractivity contribution < 1.29 is 18.7 Å². The summed E-state index contributed by atoms with van der Waals surface area (Å²) in [6.07, 6.45) is 2.55. The maximum Gasteiger partial charge on any atom is 0.248 e. The molecule has 0 heterocycles. The Bertz CT molecular complexity index is 742. The molecule has 1 amide bonds. The Balaban J connectivity index is 2.11. The van der Waals surface area contributed by atoms with E-state index in [-0.39, 0.29) is 10.6 Å². The molecule has 2 aromatic rings. The van der Waals surface area contributed by atoms with E-state index in [0.29, 0.717) is 23.8 Å². The number of hydrogen-bond acceptors (Lipinski definition) is 3. The lowest BCUT2D eigenvalue weighted by Gasteiger charge is -2.11. The number of methoxy groups -OCH3 is 1. The van der Waals surface area contributed by atoms with Crippen LogP contribution in [0.25, 0.3) is 6.08 Å². The third-order valence-corrected chi connectivity index (χ3v) is 3.46. The summed E-state index contributed by atoms with van der Waals surface area (Å²) in [5, 5.41) is 2.91. The molecule has 0 atom stereocenters. The highest BCUT2D eigenvalue weighted by atomic mass is 35.5. The lowest BCUT2D eigenvalue weighted by atomic mass is 10.2. The molecule has 0 aliphatic carbocycles. The average molecular weight is 350 g/mol. The maximum atomic E-state index is 13.6. The molecule has 0 aliphatic rings. The molecule has 126 valence electrons. The van der Waals surface area contributed by atoms with E-state index in [1.54, 1.807) is 24.3 Å². The number of hydrogen-bond donors (Lipinski definition) is 1. The maximum absolute atomic E-state index is 13.6. The number of carbonyl (C=O) groups is 1. The topological polar surface area (TPSA) is 47.6 Å². The molecule has 4 nitrogen and oxygen atoms in total. The molecule has 6 heteroatoms. The summed E-state index contributed by atoms with van der Waals surface area (Å²) in [7, 11) is 1.52. The third-order valence-electron chi connectivity index (χ3n) is 3.13. The number of carbonyl (C=O) groups excluding carboxylic acids is 1. The van der Waals surface area contributed by atoms with Crippen LogP contribution in [0.2, 0.25) is 5.02 Å². The monoisotopic (exact) mass is 349 g/mol. The summed E-state index contributed by atoms with van der Waals surface area (Å²) < 4.78 is 24.3. The minimum Gasteiger partial charge on any atom is -0.493 e. The van der Waals surface area contributed by atoms with Gasteiger partial charge in [0.2, 0.25) is 5.91 Å². The SMILES string of the molecule is CCOc1ccc(NC(=O)/C=C/c2c(F)cccc2Cl)cc1OC. The number of anilines is 1. The second-order valence-electron chi connectivity index (χ2n) is 4.76. The largest absolute Gasteiger partial charge is 0.493 e. The van der Waals surface area contributed by atoms with E-state index in [2.05, 4.69) is 5.32 Å². The second kappa shape index (κ2) is 8.36. The van der Waals surface area contributed by atoms with Gasteiger partial charge in [0.25, 0.3) is 0 Å². The Hall–Kier alpha value is -2.53. The molecule has 2 aromatic carbocycles. The van der Waals surface area contributed by atoms with E-state index in [1.165, 1.54) is 31.4 Å². The molecule has 24 heavy (non-hydrogen) atoms. The molecule has 0 bridgehead atoms. The molecule has 0 radical (unpaired) electrons. The summed E-state index contributed by atoms with van der Waals surface area (Å²) in [5.74, 6) is 0.192. The van der Waals surface area contributed by atoms with Gasteiger partial charge in [-0.25, -0.2) is 4.39 Å². The van der Waals surface area contributed by atoms with Crippen LogP contribution < -0.4 is 14.8 Å². The number of ether oxygens (including phenoxy) is 2. The number of rotatable bonds is 6. The minimum atomic E-state index is -0.491. The smallest absolute Gasteiger partial charge is 0.248 e. The molecule has 1 N–H and O–H groups in total. The predicted octanol–water partition coefficient (Wildman–Crippen LogP) is 4.54. The van der Waals surface area contributed by atoms with Crippen molar-refractivity contribution in [1.82, 2.24) is 0 Å². The van der Waals surface area contributed by atoms with Gasteiger partial charge in [-0.1, -0.05) is 17.7 Å². The lowest BCUT2D eigenvalue weighted by Crippen LogP contribution is -2.08. The van der Waals surface area contributed by atoms with Gasteiger partial charge in [-0.2, -0.15) is 0 Å². The third kappa shape index (κ3) is 4.49. The van der Waals surface area contributed by atoms with Crippen molar-refractivity contribution in [3.8, 4) is 11.5 Å². The summed E-state index contributed by atoms with van der Waals surface area (Å²) in [4.78, 5) is 12.0. The average Bonchev–Trinajstić information content (AvgIpc) is 2.56. The second-order valence-corrected chi connectivity index (χ2v) is 5.16. The zero-order chi connectivity index (χ0) is 17.5. The predicted molar refractivity (Wildman–Crippen MR) is 93.2 cm³/mol. The Morgan fingerprint density at radius 1 is 1.29 bits per heavy atom. The Kier molecular flexibility index (Phi) is 6.21. The summed E-state index contributed by atoms with van der Waals surface area (Å²) in [5.41, 5.74) is 0.697. The zero-order valence-electron chi connectivity index (χ0n) is 13.3. The van der Waals surface area contributed by atoms with Gasteiger partial charge in [-0.05, 0) is 37.3 Å². The molecule has 0 aromatic heterocycles. The van der Waals surface area contributed by atoms with Gasteiger partial charge in [0.15, 0.2) is 11.5 Å². The molecule has 0 saturated carbocycles. The Morgan fingerprint density at radius 2 is 2.08 bits per heavy atom. The van der Waals surface area contributed by atoms with Gasteiger partial charge >= 0.3 is 0 Å². The first kappa shape index (κ1) is 17.8. The first-order valence-electron chi connectivity index (χ1n) is 7.29. The first-order valence-corrected chi connectivity index (χ1v) is 7.67. The fraction of sp³-hybridized carbons (Fsp3) is 0.167. The summed E-state index contributed by atoms with van der Waals surface area (Å²) >= 11 is 5.91.